The van der Waals surface area contributed by atoms with E-state index >= 15 is 0 Å². The molecule has 0 unspecified atom stereocenters. The standard InChI is InChI=1S/C31H41F2N5O3/c1-5-8-29(36-20-34)35-10-9-28(39)27(17-22-15-25(32)19-26(33)16-22)37-30(40)23-13-21(4)14-24(18-23)31(41)38(11-6-2)12-7-3/h13-16,18-19,27-28,39H,5-12,17H2,1-4H3,(H,35,36)(H,37,40)/t27-,28+/m1/s1. The molecule has 0 fully saturated rings. The first kappa shape index (κ1) is 33.4. The first-order valence-corrected chi connectivity index (χ1v) is 14.1. The van der Waals surface area contributed by atoms with Gasteiger partial charge in [-0.3, -0.25) is 19.9 Å². The average Bonchev–Trinajstić information content (AvgIpc) is 2.91. The molecule has 2 aromatic rings. The molecule has 10 heteroatoms. The molecule has 0 aliphatic heterocycles. The predicted octanol–water partition coefficient (Wildman–Crippen LogP) is 4.90. The molecule has 0 spiro atoms. The minimum atomic E-state index is -1.12. The fourth-order valence-corrected chi connectivity index (χ4v) is 4.61. The van der Waals surface area contributed by atoms with Gasteiger partial charge < -0.3 is 15.3 Å². The highest BCUT2D eigenvalue weighted by Crippen LogP contribution is 2.17. The van der Waals surface area contributed by atoms with Crippen molar-refractivity contribution in [3.8, 4) is 6.19 Å². The lowest BCUT2D eigenvalue weighted by atomic mass is 9.98. The van der Waals surface area contributed by atoms with Crippen molar-refractivity contribution >= 4 is 17.6 Å². The smallest absolute Gasteiger partial charge is 0.253 e. The fourth-order valence-electron chi connectivity index (χ4n) is 4.61. The van der Waals surface area contributed by atoms with Gasteiger partial charge in [-0.25, -0.2) is 8.78 Å². The number of aliphatic hydroxyl groups excluding tert-OH is 1. The molecule has 0 bridgehead atoms. The number of carbonyl (C=O) groups excluding carboxylic acids is 2. The first-order valence-electron chi connectivity index (χ1n) is 14.1. The third-order valence-electron chi connectivity index (χ3n) is 6.43. The highest BCUT2D eigenvalue weighted by atomic mass is 19.1. The van der Waals surface area contributed by atoms with Gasteiger partial charge in [-0.2, -0.15) is 5.26 Å². The SMILES string of the molecule is CCCC(=NCC[C@H](O)[C@@H](Cc1cc(F)cc(F)c1)NC(=O)c1cc(C)cc(C(=O)N(CCC)CCC)c1)NC#N. The van der Waals surface area contributed by atoms with Crippen LogP contribution in [0.2, 0.25) is 0 Å². The highest BCUT2D eigenvalue weighted by molar-refractivity contribution is 6.00. The van der Waals surface area contributed by atoms with Gasteiger partial charge in [0.1, 0.15) is 17.5 Å². The molecule has 0 aliphatic rings. The Morgan fingerprint density at radius 1 is 1.00 bits per heavy atom. The molecule has 0 saturated heterocycles. The second-order valence-corrected chi connectivity index (χ2v) is 10.1. The zero-order valence-corrected chi connectivity index (χ0v) is 24.3. The predicted molar refractivity (Wildman–Crippen MR) is 156 cm³/mol. The second-order valence-electron chi connectivity index (χ2n) is 10.1. The van der Waals surface area contributed by atoms with Gasteiger partial charge in [0.2, 0.25) is 0 Å². The van der Waals surface area contributed by atoms with Crippen molar-refractivity contribution in [3.05, 3.63) is 70.3 Å². The molecule has 8 nitrogen and oxygen atoms in total. The van der Waals surface area contributed by atoms with Crippen LogP contribution in [-0.4, -0.2) is 59.4 Å². The number of nitrogens with one attached hydrogen (secondary N) is 2. The molecule has 0 radical (unpaired) electrons. The van der Waals surface area contributed by atoms with E-state index < -0.39 is 29.7 Å². The van der Waals surface area contributed by atoms with Crippen LogP contribution >= 0.6 is 0 Å². The Balaban J connectivity index is 2.32. The number of amides is 2. The van der Waals surface area contributed by atoms with E-state index in [1.807, 2.05) is 27.0 Å². The van der Waals surface area contributed by atoms with Crippen LogP contribution in [0.5, 0.6) is 0 Å². The van der Waals surface area contributed by atoms with Crippen LogP contribution in [0.1, 0.15) is 84.7 Å². The molecule has 0 heterocycles. The van der Waals surface area contributed by atoms with E-state index in [4.69, 9.17) is 5.26 Å². The van der Waals surface area contributed by atoms with E-state index in [0.29, 0.717) is 30.9 Å². The molecule has 2 amide bonds. The van der Waals surface area contributed by atoms with E-state index in [2.05, 4.69) is 15.6 Å². The van der Waals surface area contributed by atoms with Crippen molar-refractivity contribution in [2.75, 3.05) is 19.6 Å². The first-order chi connectivity index (χ1) is 19.6. The monoisotopic (exact) mass is 569 g/mol. The molecule has 41 heavy (non-hydrogen) atoms. The van der Waals surface area contributed by atoms with Gasteiger partial charge >= 0.3 is 0 Å². The van der Waals surface area contributed by atoms with Gasteiger partial charge in [0.25, 0.3) is 11.8 Å². The Labute approximate surface area is 241 Å². The quantitative estimate of drug-likeness (QED) is 0.122. The summed E-state index contributed by atoms with van der Waals surface area (Å²) in [6, 6.07) is 7.07. The summed E-state index contributed by atoms with van der Waals surface area (Å²) in [7, 11) is 0. The number of hydrogen-bond acceptors (Lipinski definition) is 5. The van der Waals surface area contributed by atoms with Crippen LogP contribution in [0.3, 0.4) is 0 Å². The van der Waals surface area contributed by atoms with Gasteiger partial charge in [-0.15, -0.1) is 0 Å². The summed E-state index contributed by atoms with van der Waals surface area (Å²) in [5.74, 6) is -1.72. The van der Waals surface area contributed by atoms with Crippen LogP contribution in [0.25, 0.3) is 0 Å². The van der Waals surface area contributed by atoms with E-state index in [9.17, 15) is 23.5 Å². The Morgan fingerprint density at radius 3 is 2.22 bits per heavy atom. The van der Waals surface area contributed by atoms with Crippen molar-refractivity contribution in [3.63, 3.8) is 0 Å². The summed E-state index contributed by atoms with van der Waals surface area (Å²) < 4.78 is 27.8. The fraction of sp³-hybridized carbons (Fsp3) is 0.484. The zero-order chi connectivity index (χ0) is 30.4. The number of amidine groups is 1. The molecular weight excluding hydrogens is 528 g/mol. The molecule has 3 N–H and O–H groups in total. The molecule has 0 aromatic heterocycles. The zero-order valence-electron chi connectivity index (χ0n) is 24.3. The molecule has 0 aliphatic carbocycles. The number of rotatable bonds is 15. The normalized spacial score (nSPS) is 12.8. The number of aliphatic hydroxyl groups is 1. The minimum Gasteiger partial charge on any atom is -0.391 e. The summed E-state index contributed by atoms with van der Waals surface area (Å²) in [5, 5.41) is 25.3. The number of aryl methyl sites for hydroxylation is 1. The summed E-state index contributed by atoms with van der Waals surface area (Å²) in [4.78, 5) is 32.7. The van der Waals surface area contributed by atoms with Crippen LogP contribution in [0.15, 0.2) is 41.4 Å². The summed E-state index contributed by atoms with van der Waals surface area (Å²) in [5.41, 5.74) is 1.62. The van der Waals surface area contributed by atoms with Crippen LogP contribution in [0, 0.1) is 30.0 Å². The van der Waals surface area contributed by atoms with E-state index in [-0.39, 0.29) is 36.4 Å². The van der Waals surface area contributed by atoms with E-state index in [0.717, 1.165) is 43.0 Å². The average molecular weight is 570 g/mol. The lowest BCUT2D eigenvalue weighted by Gasteiger charge is -2.25. The van der Waals surface area contributed by atoms with Gasteiger partial charge in [-0.05, 0) is 80.5 Å². The van der Waals surface area contributed by atoms with E-state index in [1.165, 1.54) is 6.07 Å². The van der Waals surface area contributed by atoms with Crippen LogP contribution in [-0.2, 0) is 6.42 Å². The van der Waals surface area contributed by atoms with E-state index in [1.54, 1.807) is 24.0 Å². The lowest BCUT2D eigenvalue weighted by Crippen LogP contribution is -2.45. The van der Waals surface area contributed by atoms with Crippen LogP contribution < -0.4 is 10.6 Å². The van der Waals surface area contributed by atoms with Crippen molar-refractivity contribution in [1.82, 2.24) is 15.5 Å². The van der Waals surface area contributed by atoms with Gasteiger partial charge in [-0.1, -0.05) is 20.8 Å². The lowest BCUT2D eigenvalue weighted by molar-refractivity contribution is 0.0755. The maximum absolute atomic E-state index is 13.9. The second kappa shape index (κ2) is 17.1. The Bertz CT molecular complexity index is 1220. The van der Waals surface area contributed by atoms with Gasteiger partial charge in [0.15, 0.2) is 6.19 Å². The highest BCUT2D eigenvalue weighted by Gasteiger charge is 2.24. The van der Waals surface area contributed by atoms with Gasteiger partial charge in [0, 0.05) is 43.2 Å². The Kier molecular flexibility index (Phi) is 13.9. The maximum atomic E-state index is 13.9. The number of nitriles is 1. The van der Waals surface area contributed by atoms with Gasteiger partial charge in [0.05, 0.1) is 12.1 Å². The molecular formula is C31H41F2N5O3. The minimum absolute atomic E-state index is 0.0397. The Morgan fingerprint density at radius 2 is 1.63 bits per heavy atom. The Hall–Kier alpha value is -3.84. The number of aliphatic imine (C=N–C) groups is 1. The summed E-state index contributed by atoms with van der Waals surface area (Å²) in [6.45, 7) is 9.11. The summed E-state index contributed by atoms with van der Waals surface area (Å²) in [6.07, 6.45) is 3.77. The van der Waals surface area contributed by atoms with Crippen molar-refractivity contribution < 1.29 is 23.5 Å². The van der Waals surface area contributed by atoms with Crippen molar-refractivity contribution in [1.29, 1.82) is 5.26 Å². The largest absolute Gasteiger partial charge is 0.391 e. The summed E-state index contributed by atoms with van der Waals surface area (Å²) >= 11 is 0. The van der Waals surface area contributed by atoms with Crippen LogP contribution in [0.4, 0.5) is 8.78 Å². The topological polar surface area (TPSA) is 118 Å². The molecule has 2 atom stereocenters. The third-order valence-corrected chi connectivity index (χ3v) is 6.43. The van der Waals surface area contributed by atoms with Crippen molar-refractivity contribution in [2.45, 2.75) is 78.4 Å². The molecule has 2 aromatic carbocycles. The molecule has 0 saturated carbocycles. The number of benzene rings is 2. The van der Waals surface area contributed by atoms with Crippen molar-refractivity contribution in [2.24, 2.45) is 4.99 Å². The number of nitrogens with zero attached hydrogens (tertiary/aromatic N) is 3. The number of hydrogen-bond donors (Lipinski definition) is 3. The number of halogens is 2. The maximum Gasteiger partial charge on any atom is 0.253 e. The molecule has 222 valence electrons. The third kappa shape index (κ3) is 10.9. The number of carbonyl (C=O) groups is 2. The molecule has 2 rings (SSSR count).